The maximum absolute atomic E-state index is 11.2. The lowest BCUT2D eigenvalue weighted by Gasteiger charge is -2.04. The van der Waals surface area contributed by atoms with Crippen LogP contribution in [0.25, 0.3) is 0 Å². The molecule has 7 nitrogen and oxygen atoms in total. The molecule has 0 saturated carbocycles. The molecule has 0 atom stereocenters. The fraction of sp³-hybridized carbons (Fsp3) is 0.333. The summed E-state index contributed by atoms with van der Waals surface area (Å²) in [5, 5.41) is 10.7. The predicted octanol–water partition coefficient (Wildman–Crippen LogP) is -0.181. The van der Waals surface area contributed by atoms with Crippen LogP contribution in [0.1, 0.15) is 11.6 Å². The molecule has 0 radical (unpaired) electrons. The minimum atomic E-state index is -0.173. The summed E-state index contributed by atoms with van der Waals surface area (Å²) in [6, 6.07) is 1.41. The van der Waals surface area contributed by atoms with Crippen molar-refractivity contribution in [3.05, 3.63) is 34.4 Å². The minimum absolute atomic E-state index is 0.173. The highest BCUT2D eigenvalue weighted by Crippen LogP contribution is 2.01. The summed E-state index contributed by atoms with van der Waals surface area (Å²) in [6.45, 7) is 2.21. The number of hydrogen-bond acceptors (Lipinski definition) is 5. The lowest BCUT2D eigenvalue weighted by Crippen LogP contribution is -2.13. The largest absolute Gasteiger partial charge is 0.363 e. The van der Waals surface area contributed by atoms with E-state index in [0.717, 1.165) is 5.82 Å². The molecule has 2 heterocycles. The van der Waals surface area contributed by atoms with Gasteiger partial charge >= 0.3 is 0 Å². The molecule has 2 N–H and O–H groups in total. The van der Waals surface area contributed by atoms with Crippen molar-refractivity contribution in [3.8, 4) is 0 Å². The summed E-state index contributed by atoms with van der Waals surface area (Å²) in [5.41, 5.74) is -0.173. The van der Waals surface area contributed by atoms with Gasteiger partial charge in [-0.1, -0.05) is 0 Å². The van der Waals surface area contributed by atoms with Crippen LogP contribution in [0.2, 0.25) is 0 Å². The van der Waals surface area contributed by atoms with Crippen LogP contribution in [0.15, 0.2) is 17.2 Å². The van der Waals surface area contributed by atoms with Gasteiger partial charge in [0.05, 0.1) is 6.54 Å². The van der Waals surface area contributed by atoms with Gasteiger partial charge in [0.1, 0.15) is 18.0 Å². The summed E-state index contributed by atoms with van der Waals surface area (Å²) >= 11 is 0. The maximum Gasteiger partial charge on any atom is 0.252 e. The van der Waals surface area contributed by atoms with E-state index in [1.165, 1.54) is 6.07 Å². The summed E-state index contributed by atoms with van der Waals surface area (Å²) in [6.07, 6.45) is 1.62. The van der Waals surface area contributed by atoms with E-state index in [0.29, 0.717) is 18.2 Å². The molecule has 0 spiro atoms. The Bertz CT molecular complexity index is 543. The van der Waals surface area contributed by atoms with Crippen LogP contribution >= 0.6 is 0 Å². The Morgan fingerprint density at radius 1 is 1.56 bits per heavy atom. The topological polar surface area (TPSA) is 88.5 Å². The fourth-order valence-electron chi connectivity index (χ4n) is 1.31. The molecule has 7 heteroatoms. The van der Waals surface area contributed by atoms with Crippen molar-refractivity contribution >= 4 is 5.82 Å². The number of H-pyrrole nitrogens is 1. The molecule has 0 amide bonds. The Hall–Kier alpha value is -2.18. The predicted molar refractivity (Wildman–Crippen MR) is 57.9 cm³/mol. The van der Waals surface area contributed by atoms with Crippen molar-refractivity contribution in [3.63, 3.8) is 0 Å². The van der Waals surface area contributed by atoms with Crippen LogP contribution in [-0.2, 0) is 13.6 Å². The van der Waals surface area contributed by atoms with E-state index in [1.54, 1.807) is 17.8 Å². The molecule has 0 aliphatic rings. The highest BCUT2D eigenvalue weighted by molar-refractivity contribution is 5.32. The van der Waals surface area contributed by atoms with E-state index in [4.69, 9.17) is 0 Å². The lowest BCUT2D eigenvalue weighted by atomic mass is 10.5. The van der Waals surface area contributed by atoms with E-state index in [2.05, 4.69) is 25.5 Å². The zero-order valence-corrected chi connectivity index (χ0v) is 9.06. The van der Waals surface area contributed by atoms with Crippen LogP contribution in [-0.4, -0.2) is 24.7 Å². The standard InChI is InChI=1S/C9H12N6O/c1-6-12-7(3-9(16)13-6)10-4-8-14-11-5-15(8)2/h3,5H,4H2,1-2H3,(H2,10,12,13,16). The smallest absolute Gasteiger partial charge is 0.252 e. The third-order valence-electron chi connectivity index (χ3n) is 2.09. The molecule has 0 aliphatic carbocycles. The maximum atomic E-state index is 11.2. The molecule has 0 saturated heterocycles. The van der Waals surface area contributed by atoms with E-state index in [-0.39, 0.29) is 5.56 Å². The molecular formula is C9H12N6O. The molecular weight excluding hydrogens is 208 g/mol. The first kappa shape index (κ1) is 10.3. The number of aryl methyl sites for hydroxylation is 2. The van der Waals surface area contributed by atoms with Gasteiger partial charge in [-0.05, 0) is 6.92 Å². The highest BCUT2D eigenvalue weighted by Gasteiger charge is 2.01. The third-order valence-corrected chi connectivity index (χ3v) is 2.09. The van der Waals surface area contributed by atoms with Crippen LogP contribution in [0, 0.1) is 6.92 Å². The van der Waals surface area contributed by atoms with Crippen molar-refractivity contribution in [2.75, 3.05) is 5.32 Å². The summed E-state index contributed by atoms with van der Waals surface area (Å²) in [5.74, 6) is 1.89. The number of rotatable bonds is 3. The summed E-state index contributed by atoms with van der Waals surface area (Å²) in [4.78, 5) is 17.9. The second kappa shape index (κ2) is 4.13. The first-order valence-corrected chi connectivity index (χ1v) is 4.80. The van der Waals surface area contributed by atoms with E-state index in [9.17, 15) is 4.79 Å². The minimum Gasteiger partial charge on any atom is -0.363 e. The molecule has 0 aromatic carbocycles. The zero-order chi connectivity index (χ0) is 11.5. The van der Waals surface area contributed by atoms with Crippen LogP contribution in [0.4, 0.5) is 5.82 Å². The quantitative estimate of drug-likeness (QED) is 0.749. The van der Waals surface area contributed by atoms with Gasteiger partial charge in [-0.15, -0.1) is 10.2 Å². The fourth-order valence-corrected chi connectivity index (χ4v) is 1.31. The van der Waals surface area contributed by atoms with Gasteiger partial charge in [-0.3, -0.25) is 4.79 Å². The molecule has 0 aliphatic heterocycles. The zero-order valence-electron chi connectivity index (χ0n) is 9.06. The number of nitrogens with zero attached hydrogens (tertiary/aromatic N) is 4. The summed E-state index contributed by atoms with van der Waals surface area (Å²) < 4.78 is 1.80. The number of nitrogens with one attached hydrogen (secondary N) is 2. The molecule has 2 rings (SSSR count). The average Bonchev–Trinajstić information content (AvgIpc) is 2.59. The molecule has 2 aromatic heterocycles. The first-order valence-electron chi connectivity index (χ1n) is 4.80. The third kappa shape index (κ3) is 2.25. The molecule has 0 unspecified atom stereocenters. The van der Waals surface area contributed by atoms with Gasteiger partial charge in [0.2, 0.25) is 0 Å². The van der Waals surface area contributed by atoms with Crippen LogP contribution in [0.5, 0.6) is 0 Å². The number of anilines is 1. The van der Waals surface area contributed by atoms with Gasteiger partial charge in [-0.25, -0.2) is 4.98 Å². The van der Waals surface area contributed by atoms with Crippen molar-refractivity contribution in [1.29, 1.82) is 0 Å². The Morgan fingerprint density at radius 3 is 3.00 bits per heavy atom. The van der Waals surface area contributed by atoms with E-state index < -0.39 is 0 Å². The Morgan fingerprint density at radius 2 is 2.38 bits per heavy atom. The SMILES string of the molecule is Cc1nc(NCc2nncn2C)cc(=O)[nH]1. The van der Waals surface area contributed by atoms with Gasteiger partial charge in [-0.2, -0.15) is 0 Å². The Balaban J connectivity index is 2.10. The van der Waals surface area contributed by atoms with Crippen molar-refractivity contribution in [1.82, 2.24) is 24.7 Å². The van der Waals surface area contributed by atoms with Gasteiger partial charge in [0, 0.05) is 13.1 Å². The van der Waals surface area contributed by atoms with Crippen LogP contribution < -0.4 is 10.9 Å². The first-order chi connectivity index (χ1) is 7.65. The Kier molecular flexibility index (Phi) is 2.67. The lowest BCUT2D eigenvalue weighted by molar-refractivity contribution is 0.808. The van der Waals surface area contributed by atoms with E-state index >= 15 is 0 Å². The molecule has 84 valence electrons. The molecule has 16 heavy (non-hydrogen) atoms. The number of hydrogen-bond donors (Lipinski definition) is 2. The Labute approximate surface area is 91.6 Å². The molecule has 2 aromatic rings. The number of aromatic amines is 1. The van der Waals surface area contributed by atoms with Crippen molar-refractivity contribution < 1.29 is 0 Å². The summed E-state index contributed by atoms with van der Waals surface area (Å²) in [7, 11) is 1.85. The van der Waals surface area contributed by atoms with E-state index in [1.807, 2.05) is 7.05 Å². The van der Waals surface area contributed by atoms with Crippen LogP contribution in [0.3, 0.4) is 0 Å². The second-order valence-corrected chi connectivity index (χ2v) is 3.43. The van der Waals surface area contributed by atoms with Gasteiger partial charge in [0.15, 0.2) is 5.82 Å². The van der Waals surface area contributed by atoms with Gasteiger partial charge in [0.25, 0.3) is 5.56 Å². The normalized spacial score (nSPS) is 10.4. The monoisotopic (exact) mass is 220 g/mol. The highest BCUT2D eigenvalue weighted by atomic mass is 16.1. The number of aromatic nitrogens is 5. The average molecular weight is 220 g/mol. The second-order valence-electron chi connectivity index (χ2n) is 3.43. The molecule has 0 bridgehead atoms. The van der Waals surface area contributed by atoms with Crippen molar-refractivity contribution in [2.45, 2.75) is 13.5 Å². The molecule has 0 fully saturated rings. The van der Waals surface area contributed by atoms with Gasteiger partial charge < -0.3 is 14.9 Å². The van der Waals surface area contributed by atoms with Crippen molar-refractivity contribution in [2.24, 2.45) is 7.05 Å².